The number of rotatable bonds is 6. The van der Waals surface area contributed by atoms with E-state index in [0.29, 0.717) is 0 Å². The summed E-state index contributed by atoms with van der Waals surface area (Å²) in [5.41, 5.74) is 2.14. The van der Waals surface area contributed by atoms with Crippen LogP contribution in [0.5, 0.6) is 0 Å². The Labute approximate surface area is 119 Å². The van der Waals surface area contributed by atoms with Crippen molar-refractivity contribution in [1.29, 1.82) is 0 Å². The van der Waals surface area contributed by atoms with Crippen LogP contribution in [-0.2, 0) is 6.42 Å². The van der Waals surface area contributed by atoms with E-state index < -0.39 is 0 Å². The van der Waals surface area contributed by atoms with Crippen LogP contribution in [0.1, 0.15) is 30.6 Å². The highest BCUT2D eigenvalue weighted by atomic mass is 35.5. The van der Waals surface area contributed by atoms with Crippen molar-refractivity contribution in [3.05, 3.63) is 59.1 Å². The van der Waals surface area contributed by atoms with Crippen molar-refractivity contribution >= 4 is 11.6 Å². The maximum Gasteiger partial charge on any atom is 0.115 e. The average molecular weight is 276 g/mol. The van der Waals surface area contributed by atoms with Gasteiger partial charge in [-0.1, -0.05) is 36.7 Å². The lowest BCUT2D eigenvalue weighted by Crippen LogP contribution is -2.25. The van der Waals surface area contributed by atoms with Crippen molar-refractivity contribution in [2.45, 2.75) is 25.8 Å². The lowest BCUT2D eigenvalue weighted by molar-refractivity contribution is 0.517. The molecule has 1 aromatic carbocycles. The number of benzene rings is 1. The van der Waals surface area contributed by atoms with Gasteiger partial charge in [0.15, 0.2) is 0 Å². The van der Waals surface area contributed by atoms with Gasteiger partial charge in [0, 0.05) is 11.2 Å². The van der Waals surface area contributed by atoms with E-state index in [-0.39, 0.29) is 6.04 Å². The molecule has 2 aromatic rings. The molecule has 0 fully saturated rings. The summed E-state index contributed by atoms with van der Waals surface area (Å²) in [6.07, 6.45) is 5.28. The molecule has 0 bridgehead atoms. The third-order valence-electron chi connectivity index (χ3n) is 2.98. The van der Waals surface area contributed by atoms with Crippen LogP contribution in [0.3, 0.4) is 0 Å². The van der Waals surface area contributed by atoms with E-state index >= 15 is 0 Å². The Kier molecular flexibility index (Phi) is 5.31. The van der Waals surface area contributed by atoms with Gasteiger partial charge in [0.1, 0.15) is 6.33 Å². The minimum atomic E-state index is 0.169. The van der Waals surface area contributed by atoms with E-state index in [4.69, 9.17) is 11.6 Å². The molecule has 100 valence electrons. The Balaban J connectivity index is 2.17. The summed E-state index contributed by atoms with van der Waals surface area (Å²) in [5.74, 6) is 0. The van der Waals surface area contributed by atoms with Gasteiger partial charge in [-0.3, -0.25) is 0 Å². The maximum atomic E-state index is 6.23. The molecule has 4 heteroatoms. The second-order valence-corrected chi connectivity index (χ2v) is 4.84. The number of hydrogen-bond acceptors (Lipinski definition) is 3. The van der Waals surface area contributed by atoms with Crippen LogP contribution in [-0.4, -0.2) is 16.5 Å². The molecule has 1 unspecified atom stereocenters. The molecule has 19 heavy (non-hydrogen) atoms. The van der Waals surface area contributed by atoms with Crippen LogP contribution in [0.25, 0.3) is 0 Å². The van der Waals surface area contributed by atoms with Gasteiger partial charge < -0.3 is 5.32 Å². The topological polar surface area (TPSA) is 37.8 Å². The van der Waals surface area contributed by atoms with Gasteiger partial charge in [0.25, 0.3) is 0 Å². The fraction of sp³-hybridized carbons (Fsp3) is 0.333. The smallest absolute Gasteiger partial charge is 0.115 e. The largest absolute Gasteiger partial charge is 0.308 e. The summed E-state index contributed by atoms with van der Waals surface area (Å²) < 4.78 is 0. The lowest BCUT2D eigenvalue weighted by atomic mass is 10.0. The fourth-order valence-corrected chi connectivity index (χ4v) is 2.20. The predicted octanol–water partition coefficient (Wildman–Crippen LogP) is 3.41. The molecule has 1 aromatic heterocycles. The zero-order valence-electron chi connectivity index (χ0n) is 11.0. The van der Waals surface area contributed by atoms with Crippen LogP contribution < -0.4 is 5.32 Å². The van der Waals surface area contributed by atoms with Crippen LogP contribution in [0.15, 0.2) is 42.9 Å². The molecular weight excluding hydrogens is 258 g/mol. The van der Waals surface area contributed by atoms with E-state index in [1.165, 1.54) is 0 Å². The molecular formula is C15H18ClN3. The highest BCUT2D eigenvalue weighted by Gasteiger charge is 2.14. The molecule has 0 amide bonds. The average Bonchev–Trinajstić information content (AvgIpc) is 2.46. The molecule has 1 N–H and O–H groups in total. The number of nitrogens with one attached hydrogen (secondary N) is 1. The molecule has 0 aliphatic heterocycles. The first kappa shape index (κ1) is 14.0. The first-order chi connectivity index (χ1) is 9.31. The minimum absolute atomic E-state index is 0.169. The monoisotopic (exact) mass is 275 g/mol. The van der Waals surface area contributed by atoms with Gasteiger partial charge >= 0.3 is 0 Å². The van der Waals surface area contributed by atoms with Crippen molar-refractivity contribution in [1.82, 2.24) is 15.3 Å². The van der Waals surface area contributed by atoms with Gasteiger partial charge in [0.05, 0.1) is 11.7 Å². The Morgan fingerprint density at radius 1 is 1.26 bits per heavy atom. The van der Waals surface area contributed by atoms with Gasteiger partial charge in [-0.25, -0.2) is 9.97 Å². The Morgan fingerprint density at radius 3 is 2.79 bits per heavy atom. The van der Waals surface area contributed by atoms with Crippen molar-refractivity contribution in [3.63, 3.8) is 0 Å². The normalized spacial score (nSPS) is 12.3. The molecule has 1 atom stereocenters. The summed E-state index contributed by atoms with van der Waals surface area (Å²) >= 11 is 6.23. The van der Waals surface area contributed by atoms with Crippen LogP contribution in [0.2, 0.25) is 5.02 Å². The lowest BCUT2D eigenvalue weighted by Gasteiger charge is -2.18. The summed E-state index contributed by atoms with van der Waals surface area (Å²) in [6, 6.07) is 10.1. The Morgan fingerprint density at radius 2 is 2.11 bits per heavy atom. The second-order valence-electron chi connectivity index (χ2n) is 4.44. The Hall–Kier alpha value is -1.45. The van der Waals surface area contributed by atoms with Crippen LogP contribution in [0.4, 0.5) is 0 Å². The van der Waals surface area contributed by atoms with Gasteiger partial charge in [0.2, 0.25) is 0 Å². The van der Waals surface area contributed by atoms with E-state index in [0.717, 1.165) is 35.7 Å². The van der Waals surface area contributed by atoms with E-state index in [1.807, 2.05) is 24.3 Å². The SMILES string of the molecule is CCCNC(Cc1ccccc1Cl)c1ccncn1. The third kappa shape index (κ3) is 4.01. The summed E-state index contributed by atoms with van der Waals surface area (Å²) in [5, 5.41) is 4.32. The number of aromatic nitrogens is 2. The van der Waals surface area contributed by atoms with Gasteiger partial charge in [-0.05, 0) is 37.1 Å². The third-order valence-corrected chi connectivity index (χ3v) is 3.35. The Bertz CT molecular complexity index is 502. The quantitative estimate of drug-likeness (QED) is 0.878. The van der Waals surface area contributed by atoms with E-state index in [9.17, 15) is 0 Å². The first-order valence-electron chi connectivity index (χ1n) is 6.54. The van der Waals surface area contributed by atoms with Crippen molar-refractivity contribution in [2.75, 3.05) is 6.54 Å². The number of hydrogen-bond donors (Lipinski definition) is 1. The summed E-state index contributed by atoms with van der Waals surface area (Å²) in [7, 11) is 0. The van der Waals surface area contributed by atoms with Crippen molar-refractivity contribution in [2.24, 2.45) is 0 Å². The summed E-state index contributed by atoms with van der Waals surface area (Å²) in [6.45, 7) is 3.11. The molecule has 0 aliphatic rings. The molecule has 3 nitrogen and oxygen atoms in total. The van der Waals surface area contributed by atoms with E-state index in [1.54, 1.807) is 12.5 Å². The highest BCUT2D eigenvalue weighted by molar-refractivity contribution is 6.31. The summed E-state index contributed by atoms with van der Waals surface area (Å²) in [4.78, 5) is 8.31. The number of nitrogens with zero attached hydrogens (tertiary/aromatic N) is 2. The second kappa shape index (κ2) is 7.22. The molecule has 0 saturated heterocycles. The van der Waals surface area contributed by atoms with Gasteiger partial charge in [-0.2, -0.15) is 0 Å². The highest BCUT2D eigenvalue weighted by Crippen LogP contribution is 2.22. The zero-order valence-corrected chi connectivity index (χ0v) is 11.8. The predicted molar refractivity (Wildman–Crippen MR) is 78.2 cm³/mol. The molecule has 0 saturated carbocycles. The standard InChI is InChI=1S/C15H18ClN3/c1-2-8-18-15(14-7-9-17-11-19-14)10-12-5-3-4-6-13(12)16/h3-7,9,11,15,18H,2,8,10H2,1H3. The fourth-order valence-electron chi connectivity index (χ4n) is 1.99. The van der Waals surface area contributed by atoms with E-state index in [2.05, 4.69) is 28.3 Å². The maximum absolute atomic E-state index is 6.23. The van der Waals surface area contributed by atoms with Crippen molar-refractivity contribution in [3.8, 4) is 0 Å². The molecule has 0 spiro atoms. The van der Waals surface area contributed by atoms with Crippen LogP contribution in [0, 0.1) is 0 Å². The van der Waals surface area contributed by atoms with Gasteiger partial charge in [-0.15, -0.1) is 0 Å². The number of halogens is 1. The molecule has 1 heterocycles. The molecule has 2 rings (SSSR count). The van der Waals surface area contributed by atoms with Crippen LogP contribution >= 0.6 is 11.6 Å². The first-order valence-corrected chi connectivity index (χ1v) is 6.91. The molecule has 0 radical (unpaired) electrons. The van der Waals surface area contributed by atoms with Crippen molar-refractivity contribution < 1.29 is 0 Å². The zero-order chi connectivity index (χ0) is 13.5. The molecule has 0 aliphatic carbocycles. The minimum Gasteiger partial charge on any atom is -0.308 e.